The Labute approximate surface area is 228 Å². The summed E-state index contributed by atoms with van der Waals surface area (Å²) in [6, 6.07) is 4.63. The quantitative estimate of drug-likeness (QED) is 0.499. The van der Waals surface area contributed by atoms with Crippen LogP contribution in [0.25, 0.3) is 0 Å². The number of likely N-dealkylation sites (N-methyl/N-ethyl adjacent to an activating group) is 1. The van der Waals surface area contributed by atoms with Crippen molar-refractivity contribution in [2.24, 2.45) is 5.92 Å². The van der Waals surface area contributed by atoms with Gasteiger partial charge in [0.15, 0.2) is 5.82 Å². The zero-order valence-electron chi connectivity index (χ0n) is 21.6. The maximum Gasteiger partial charge on any atom is 0.490 e. The average molecular weight is 601 g/mol. The van der Waals surface area contributed by atoms with Gasteiger partial charge in [-0.1, -0.05) is 0 Å². The summed E-state index contributed by atoms with van der Waals surface area (Å²) in [5.41, 5.74) is 0.608. The number of aromatic nitrogens is 1. The minimum atomic E-state index is -5.08. The standard InChI is InChI=1S/C20H24FN3O3.2C2HF3O2/c1-14-16(6-9-26-14)19(25)24-12-20(13-24)10-15(5-8-23(20)2)11-27-18-17(21)4-3-7-22-18;2*3-2(4,5)1(6)7/h3-4,6-7,9,15H,5,8,10-13H2,1-2H3;2*(H,6,7). The van der Waals surface area contributed by atoms with Crippen LogP contribution in [0, 0.1) is 18.7 Å². The molecule has 1 atom stereocenters. The van der Waals surface area contributed by atoms with Gasteiger partial charge in [-0.15, -0.1) is 0 Å². The van der Waals surface area contributed by atoms with E-state index in [0.29, 0.717) is 36.9 Å². The number of aryl methyl sites for hydroxylation is 1. The van der Waals surface area contributed by atoms with Gasteiger partial charge in [0.25, 0.3) is 5.91 Å². The summed E-state index contributed by atoms with van der Waals surface area (Å²) in [7, 11) is 2.11. The molecule has 17 heteroatoms. The largest absolute Gasteiger partial charge is 0.490 e. The summed E-state index contributed by atoms with van der Waals surface area (Å²) < 4.78 is 88.0. The van der Waals surface area contributed by atoms with E-state index in [9.17, 15) is 35.5 Å². The van der Waals surface area contributed by atoms with Crippen LogP contribution in [-0.4, -0.2) is 94.0 Å². The van der Waals surface area contributed by atoms with Gasteiger partial charge in [-0.2, -0.15) is 26.3 Å². The SMILES string of the molecule is Cc1occc1C(=O)N1CC2(CC(COc3ncccc3F)CCN2C)C1.O=C(O)C(F)(F)F.O=C(O)C(F)(F)F. The first kappa shape index (κ1) is 33.3. The Balaban J connectivity index is 0.000000349. The van der Waals surface area contributed by atoms with Crippen molar-refractivity contribution in [3.63, 3.8) is 0 Å². The lowest BCUT2D eigenvalue weighted by Gasteiger charge is -2.58. The Morgan fingerprint density at radius 2 is 1.66 bits per heavy atom. The van der Waals surface area contributed by atoms with E-state index in [1.165, 1.54) is 12.3 Å². The monoisotopic (exact) mass is 601 g/mol. The van der Waals surface area contributed by atoms with Crippen LogP contribution in [0.5, 0.6) is 5.88 Å². The number of aliphatic carboxylic acids is 2. The highest BCUT2D eigenvalue weighted by Gasteiger charge is 2.51. The third kappa shape index (κ3) is 9.06. The third-order valence-electron chi connectivity index (χ3n) is 6.36. The molecule has 2 aromatic rings. The molecule has 2 aromatic heterocycles. The second kappa shape index (κ2) is 13.2. The molecule has 2 N–H and O–H groups in total. The smallest absolute Gasteiger partial charge is 0.475 e. The van der Waals surface area contributed by atoms with Gasteiger partial charge in [0, 0.05) is 19.3 Å². The number of amides is 1. The van der Waals surface area contributed by atoms with Crippen molar-refractivity contribution in [2.45, 2.75) is 37.7 Å². The maximum atomic E-state index is 13.7. The molecule has 0 saturated carbocycles. The molecule has 0 aromatic carbocycles. The number of halogens is 7. The van der Waals surface area contributed by atoms with Crippen molar-refractivity contribution < 1.29 is 64.5 Å². The van der Waals surface area contributed by atoms with E-state index in [2.05, 4.69) is 16.9 Å². The van der Waals surface area contributed by atoms with Crippen LogP contribution < -0.4 is 4.74 Å². The van der Waals surface area contributed by atoms with Crippen molar-refractivity contribution >= 4 is 17.8 Å². The molecular formula is C24H26F7N3O7. The minimum Gasteiger partial charge on any atom is -0.475 e. The molecule has 4 heterocycles. The molecule has 10 nitrogen and oxygen atoms in total. The Kier molecular flexibility index (Phi) is 10.7. The highest BCUT2D eigenvalue weighted by Crippen LogP contribution is 2.39. The first-order chi connectivity index (χ1) is 18.9. The van der Waals surface area contributed by atoms with E-state index in [4.69, 9.17) is 29.0 Å². The predicted octanol–water partition coefficient (Wildman–Crippen LogP) is 4.00. The maximum absolute atomic E-state index is 13.7. The zero-order valence-corrected chi connectivity index (χ0v) is 21.6. The number of likely N-dealkylation sites (tertiary alicyclic amines) is 2. The molecule has 2 aliphatic heterocycles. The molecule has 228 valence electrons. The van der Waals surface area contributed by atoms with Crippen LogP contribution in [0.15, 0.2) is 35.1 Å². The van der Waals surface area contributed by atoms with Gasteiger partial charge in [-0.05, 0) is 57.5 Å². The molecule has 0 bridgehead atoms. The third-order valence-corrected chi connectivity index (χ3v) is 6.36. The molecule has 1 unspecified atom stereocenters. The van der Waals surface area contributed by atoms with Gasteiger partial charge in [0.2, 0.25) is 5.88 Å². The number of nitrogens with zero attached hydrogens (tertiary/aromatic N) is 3. The predicted molar refractivity (Wildman–Crippen MR) is 125 cm³/mol. The topological polar surface area (TPSA) is 133 Å². The Hall–Kier alpha value is -3.89. The minimum absolute atomic E-state index is 0.0224. The van der Waals surface area contributed by atoms with E-state index in [1.807, 2.05) is 4.90 Å². The number of alkyl halides is 6. The lowest BCUT2D eigenvalue weighted by atomic mass is 9.75. The van der Waals surface area contributed by atoms with Gasteiger partial charge < -0.3 is 24.3 Å². The van der Waals surface area contributed by atoms with Crippen molar-refractivity contribution in [3.8, 4) is 5.88 Å². The summed E-state index contributed by atoms with van der Waals surface area (Å²) in [5.74, 6) is -4.89. The number of furan rings is 1. The first-order valence-corrected chi connectivity index (χ1v) is 11.8. The number of pyridine rings is 1. The van der Waals surface area contributed by atoms with Crippen LogP contribution >= 0.6 is 0 Å². The van der Waals surface area contributed by atoms with E-state index < -0.39 is 30.1 Å². The first-order valence-electron chi connectivity index (χ1n) is 11.8. The van der Waals surface area contributed by atoms with Crippen molar-refractivity contribution in [2.75, 3.05) is 33.3 Å². The van der Waals surface area contributed by atoms with Gasteiger partial charge in [0.05, 0.1) is 24.0 Å². The Bertz CT molecular complexity index is 1190. The summed E-state index contributed by atoms with van der Waals surface area (Å²) >= 11 is 0. The molecule has 2 aliphatic rings. The van der Waals surface area contributed by atoms with Crippen molar-refractivity contribution in [1.82, 2.24) is 14.8 Å². The van der Waals surface area contributed by atoms with E-state index >= 15 is 0 Å². The number of carbonyl (C=O) groups excluding carboxylic acids is 1. The number of piperidine rings is 1. The fourth-order valence-electron chi connectivity index (χ4n) is 4.18. The highest BCUT2D eigenvalue weighted by molar-refractivity contribution is 5.95. The van der Waals surface area contributed by atoms with Crippen LogP contribution in [0.4, 0.5) is 30.7 Å². The van der Waals surface area contributed by atoms with E-state index in [0.717, 1.165) is 19.4 Å². The number of hydrogen-bond donors (Lipinski definition) is 2. The molecule has 0 aliphatic carbocycles. The molecule has 0 radical (unpaired) electrons. The lowest BCUT2D eigenvalue weighted by Crippen LogP contribution is -2.72. The Morgan fingerprint density at radius 3 is 2.12 bits per heavy atom. The van der Waals surface area contributed by atoms with Gasteiger partial charge in [-0.3, -0.25) is 9.69 Å². The number of ether oxygens (including phenoxy) is 1. The fraction of sp³-hybridized carbons (Fsp3) is 0.500. The van der Waals surface area contributed by atoms with Crippen LogP contribution in [-0.2, 0) is 9.59 Å². The lowest BCUT2D eigenvalue weighted by molar-refractivity contribution is -0.193. The normalized spacial score (nSPS) is 18.3. The number of carboxylic acid groups (broad SMARTS) is 2. The summed E-state index contributed by atoms with van der Waals surface area (Å²) in [6.07, 6.45) is -5.18. The number of carbonyl (C=O) groups is 3. The average Bonchev–Trinajstić information content (AvgIpc) is 3.28. The van der Waals surface area contributed by atoms with Gasteiger partial charge in [0.1, 0.15) is 5.76 Å². The molecule has 2 saturated heterocycles. The fourth-order valence-corrected chi connectivity index (χ4v) is 4.18. The van der Waals surface area contributed by atoms with E-state index in [-0.39, 0.29) is 17.3 Å². The summed E-state index contributed by atoms with van der Waals surface area (Å²) in [5, 5.41) is 14.2. The van der Waals surface area contributed by atoms with Crippen LogP contribution in [0.3, 0.4) is 0 Å². The second-order valence-electron chi connectivity index (χ2n) is 9.26. The van der Waals surface area contributed by atoms with Gasteiger partial charge in [-0.25, -0.2) is 19.0 Å². The summed E-state index contributed by atoms with van der Waals surface area (Å²) in [4.78, 5) is 38.6. The van der Waals surface area contributed by atoms with E-state index in [1.54, 1.807) is 25.3 Å². The second-order valence-corrected chi connectivity index (χ2v) is 9.26. The number of carboxylic acids is 2. The molecule has 1 spiro atoms. The highest BCUT2D eigenvalue weighted by atomic mass is 19.4. The van der Waals surface area contributed by atoms with Crippen molar-refractivity contribution in [1.29, 1.82) is 0 Å². The molecule has 4 rings (SSSR count). The number of rotatable bonds is 4. The molecular weight excluding hydrogens is 575 g/mol. The van der Waals surface area contributed by atoms with Crippen molar-refractivity contribution in [3.05, 3.63) is 47.8 Å². The molecule has 1 amide bonds. The Morgan fingerprint density at radius 1 is 1.10 bits per heavy atom. The van der Waals surface area contributed by atoms with Crippen LogP contribution in [0.2, 0.25) is 0 Å². The van der Waals surface area contributed by atoms with Crippen LogP contribution in [0.1, 0.15) is 29.0 Å². The molecule has 2 fully saturated rings. The summed E-state index contributed by atoms with van der Waals surface area (Å²) in [6.45, 7) is 4.58. The zero-order chi connectivity index (χ0) is 31.2. The van der Waals surface area contributed by atoms with Gasteiger partial charge >= 0.3 is 24.3 Å². The molecule has 41 heavy (non-hydrogen) atoms. The number of hydrogen-bond acceptors (Lipinski definition) is 7.